The number of benzene rings is 1. The molecule has 110 valence electrons. The fraction of sp³-hybridized carbons (Fsp3) is 0.375. The molecular formula is C16H19N3OS. The number of hydrogen-bond acceptors (Lipinski definition) is 4. The first kappa shape index (κ1) is 14.2. The molecule has 0 aliphatic carbocycles. The molecule has 0 saturated carbocycles. The van der Waals surface area contributed by atoms with Crippen LogP contribution in [0.1, 0.15) is 28.1 Å². The fourth-order valence-electron chi connectivity index (χ4n) is 2.37. The SMILES string of the molecule is Cc1ccc(CCC(=O)Nc2nc3c(s2)CNCC3)cc1. The molecule has 0 bridgehead atoms. The number of aryl methyl sites for hydroxylation is 2. The van der Waals surface area contributed by atoms with Gasteiger partial charge >= 0.3 is 0 Å². The highest BCUT2D eigenvalue weighted by Gasteiger charge is 2.15. The number of aromatic nitrogens is 1. The summed E-state index contributed by atoms with van der Waals surface area (Å²) in [7, 11) is 0. The van der Waals surface area contributed by atoms with Crippen molar-refractivity contribution in [3.63, 3.8) is 0 Å². The summed E-state index contributed by atoms with van der Waals surface area (Å²) in [5.74, 6) is 0.0367. The van der Waals surface area contributed by atoms with E-state index in [1.54, 1.807) is 11.3 Å². The summed E-state index contributed by atoms with van der Waals surface area (Å²) in [5, 5.41) is 6.97. The summed E-state index contributed by atoms with van der Waals surface area (Å²) in [6.45, 7) is 3.90. The topological polar surface area (TPSA) is 54.0 Å². The molecule has 5 heteroatoms. The third-order valence-electron chi connectivity index (χ3n) is 3.61. The Morgan fingerprint density at radius 3 is 2.95 bits per heavy atom. The number of hydrogen-bond donors (Lipinski definition) is 2. The molecule has 4 nitrogen and oxygen atoms in total. The number of amides is 1. The number of carbonyl (C=O) groups is 1. The smallest absolute Gasteiger partial charge is 0.226 e. The van der Waals surface area contributed by atoms with Gasteiger partial charge in [0.15, 0.2) is 5.13 Å². The number of nitrogens with zero attached hydrogens (tertiary/aromatic N) is 1. The Kier molecular flexibility index (Phi) is 4.31. The predicted octanol–water partition coefficient (Wildman–Crippen LogP) is 2.67. The van der Waals surface area contributed by atoms with Gasteiger partial charge in [-0.05, 0) is 18.9 Å². The van der Waals surface area contributed by atoms with Crippen LogP contribution >= 0.6 is 11.3 Å². The van der Waals surface area contributed by atoms with Crippen molar-refractivity contribution in [2.24, 2.45) is 0 Å². The molecule has 1 aromatic heterocycles. The molecule has 0 unspecified atom stereocenters. The van der Waals surface area contributed by atoms with E-state index in [9.17, 15) is 4.79 Å². The van der Waals surface area contributed by atoms with Crippen molar-refractivity contribution in [2.75, 3.05) is 11.9 Å². The third-order valence-corrected chi connectivity index (χ3v) is 4.62. The molecule has 0 saturated heterocycles. The molecule has 0 spiro atoms. The van der Waals surface area contributed by atoms with E-state index in [1.807, 2.05) is 0 Å². The lowest BCUT2D eigenvalue weighted by Gasteiger charge is -2.09. The molecule has 0 atom stereocenters. The minimum atomic E-state index is 0.0367. The van der Waals surface area contributed by atoms with E-state index in [2.05, 4.69) is 46.8 Å². The first-order chi connectivity index (χ1) is 10.2. The van der Waals surface area contributed by atoms with Crippen molar-refractivity contribution in [1.29, 1.82) is 0 Å². The van der Waals surface area contributed by atoms with Gasteiger partial charge in [-0.2, -0.15) is 0 Å². The molecular weight excluding hydrogens is 282 g/mol. The highest BCUT2D eigenvalue weighted by Crippen LogP contribution is 2.25. The second-order valence-electron chi connectivity index (χ2n) is 5.35. The van der Waals surface area contributed by atoms with Gasteiger partial charge in [0.1, 0.15) is 0 Å². The summed E-state index contributed by atoms with van der Waals surface area (Å²) in [6.07, 6.45) is 2.20. The Bertz CT molecular complexity index is 610. The molecule has 0 fully saturated rings. The Balaban J connectivity index is 1.54. The van der Waals surface area contributed by atoms with E-state index in [4.69, 9.17) is 0 Å². The number of rotatable bonds is 4. The molecule has 2 aromatic rings. The Labute approximate surface area is 128 Å². The lowest BCUT2D eigenvalue weighted by Crippen LogP contribution is -2.22. The summed E-state index contributed by atoms with van der Waals surface area (Å²) in [4.78, 5) is 17.8. The first-order valence-electron chi connectivity index (χ1n) is 7.25. The van der Waals surface area contributed by atoms with Gasteiger partial charge in [-0.25, -0.2) is 4.98 Å². The van der Waals surface area contributed by atoms with Crippen LogP contribution in [-0.4, -0.2) is 17.4 Å². The van der Waals surface area contributed by atoms with Crippen molar-refractivity contribution < 1.29 is 4.79 Å². The molecule has 2 heterocycles. The van der Waals surface area contributed by atoms with Crippen molar-refractivity contribution in [1.82, 2.24) is 10.3 Å². The van der Waals surface area contributed by atoms with Crippen LogP contribution < -0.4 is 10.6 Å². The van der Waals surface area contributed by atoms with E-state index in [-0.39, 0.29) is 5.91 Å². The maximum atomic E-state index is 12.0. The minimum Gasteiger partial charge on any atom is -0.311 e. The molecule has 1 aliphatic rings. The number of thiazole rings is 1. The van der Waals surface area contributed by atoms with Gasteiger partial charge in [0.25, 0.3) is 0 Å². The average Bonchev–Trinajstić information content (AvgIpc) is 2.88. The van der Waals surface area contributed by atoms with Gasteiger partial charge in [0.05, 0.1) is 5.69 Å². The molecule has 0 radical (unpaired) electrons. The van der Waals surface area contributed by atoms with Crippen LogP contribution in [0.2, 0.25) is 0 Å². The van der Waals surface area contributed by atoms with Crippen molar-refractivity contribution in [3.05, 3.63) is 46.0 Å². The highest BCUT2D eigenvalue weighted by molar-refractivity contribution is 7.15. The molecule has 2 N–H and O–H groups in total. The zero-order chi connectivity index (χ0) is 14.7. The van der Waals surface area contributed by atoms with Gasteiger partial charge in [0, 0.05) is 30.8 Å². The Hall–Kier alpha value is -1.72. The van der Waals surface area contributed by atoms with Gasteiger partial charge in [-0.15, -0.1) is 11.3 Å². The molecule has 1 amide bonds. The van der Waals surface area contributed by atoms with Crippen molar-refractivity contribution in [2.45, 2.75) is 32.7 Å². The third kappa shape index (κ3) is 3.68. The normalized spacial score (nSPS) is 13.8. The monoisotopic (exact) mass is 301 g/mol. The summed E-state index contributed by atoms with van der Waals surface area (Å²) in [5.41, 5.74) is 3.57. The summed E-state index contributed by atoms with van der Waals surface area (Å²) < 4.78 is 0. The molecule has 21 heavy (non-hydrogen) atoms. The predicted molar refractivity (Wildman–Crippen MR) is 85.7 cm³/mol. The van der Waals surface area contributed by atoms with Gasteiger partial charge in [0.2, 0.25) is 5.91 Å². The molecule has 1 aliphatic heterocycles. The van der Waals surface area contributed by atoms with Crippen LogP contribution in [0.5, 0.6) is 0 Å². The van der Waals surface area contributed by atoms with E-state index >= 15 is 0 Å². The fourth-order valence-corrected chi connectivity index (χ4v) is 3.37. The Morgan fingerprint density at radius 1 is 1.38 bits per heavy atom. The van der Waals surface area contributed by atoms with Crippen molar-refractivity contribution >= 4 is 22.4 Å². The maximum absolute atomic E-state index is 12.0. The van der Waals surface area contributed by atoms with E-state index in [0.717, 1.165) is 36.8 Å². The molecule has 3 rings (SSSR count). The Morgan fingerprint density at radius 2 is 2.19 bits per heavy atom. The van der Waals surface area contributed by atoms with E-state index in [1.165, 1.54) is 16.0 Å². The van der Waals surface area contributed by atoms with Crippen LogP contribution in [-0.2, 0) is 24.2 Å². The van der Waals surface area contributed by atoms with Crippen molar-refractivity contribution in [3.8, 4) is 0 Å². The largest absolute Gasteiger partial charge is 0.311 e. The van der Waals surface area contributed by atoms with Crippen LogP contribution in [0.4, 0.5) is 5.13 Å². The molecule has 1 aromatic carbocycles. The second-order valence-corrected chi connectivity index (χ2v) is 6.43. The average molecular weight is 301 g/mol. The lowest BCUT2D eigenvalue weighted by molar-refractivity contribution is -0.116. The van der Waals surface area contributed by atoms with Gasteiger partial charge < -0.3 is 10.6 Å². The maximum Gasteiger partial charge on any atom is 0.226 e. The van der Waals surface area contributed by atoms with Crippen LogP contribution in [0.15, 0.2) is 24.3 Å². The summed E-state index contributed by atoms with van der Waals surface area (Å²) >= 11 is 1.58. The number of fused-ring (bicyclic) bond motifs is 1. The lowest BCUT2D eigenvalue weighted by atomic mass is 10.1. The number of nitrogens with one attached hydrogen (secondary N) is 2. The second kappa shape index (κ2) is 6.37. The first-order valence-corrected chi connectivity index (χ1v) is 8.07. The summed E-state index contributed by atoms with van der Waals surface area (Å²) in [6, 6.07) is 8.32. The van der Waals surface area contributed by atoms with Crippen LogP contribution in [0, 0.1) is 6.92 Å². The van der Waals surface area contributed by atoms with Gasteiger partial charge in [-0.3, -0.25) is 4.79 Å². The quantitative estimate of drug-likeness (QED) is 0.913. The number of carbonyl (C=O) groups excluding carboxylic acids is 1. The standard InChI is InChI=1S/C16H19N3OS/c1-11-2-4-12(5-3-11)6-7-15(20)19-16-18-13-8-9-17-10-14(13)21-16/h2-5,17H,6-10H2,1H3,(H,18,19,20). The van der Waals surface area contributed by atoms with Crippen LogP contribution in [0.3, 0.4) is 0 Å². The highest BCUT2D eigenvalue weighted by atomic mass is 32.1. The van der Waals surface area contributed by atoms with E-state index in [0.29, 0.717) is 6.42 Å². The van der Waals surface area contributed by atoms with E-state index < -0.39 is 0 Å². The number of anilines is 1. The zero-order valence-corrected chi connectivity index (χ0v) is 12.9. The van der Waals surface area contributed by atoms with Gasteiger partial charge in [-0.1, -0.05) is 29.8 Å². The van der Waals surface area contributed by atoms with Crippen LogP contribution in [0.25, 0.3) is 0 Å². The zero-order valence-electron chi connectivity index (χ0n) is 12.1. The minimum absolute atomic E-state index is 0.0367.